The van der Waals surface area contributed by atoms with Gasteiger partial charge in [0.1, 0.15) is 0 Å². The second kappa shape index (κ2) is 8.84. The summed E-state index contributed by atoms with van der Waals surface area (Å²) in [7, 11) is 0. The molecule has 0 radical (unpaired) electrons. The van der Waals surface area contributed by atoms with Gasteiger partial charge in [0.05, 0.1) is 5.69 Å². The quantitative estimate of drug-likeness (QED) is 0.306. The number of hydrogen-bond acceptors (Lipinski definition) is 5. The topological polar surface area (TPSA) is 74.1 Å². The molecule has 0 N–H and O–H groups in total. The van der Waals surface area contributed by atoms with Crippen molar-refractivity contribution in [3.63, 3.8) is 0 Å². The Kier molecular flexibility index (Phi) is 5.81. The van der Waals surface area contributed by atoms with Gasteiger partial charge in [0, 0.05) is 15.6 Å². The lowest BCUT2D eigenvalue weighted by molar-refractivity contribution is 0.0462. The van der Waals surface area contributed by atoms with Crippen molar-refractivity contribution in [2.24, 2.45) is 0 Å². The Morgan fingerprint density at radius 1 is 0.867 bits per heavy atom. The number of hydrogen-bond donors (Lipinski definition) is 0. The van der Waals surface area contributed by atoms with Crippen LogP contribution in [-0.4, -0.2) is 33.1 Å². The summed E-state index contributed by atoms with van der Waals surface area (Å²) in [5, 5.41) is 4.34. The summed E-state index contributed by atoms with van der Waals surface area (Å²) in [5.41, 5.74) is 2.01. The molecule has 30 heavy (non-hydrogen) atoms. The van der Waals surface area contributed by atoms with Crippen LogP contribution in [0.1, 0.15) is 21.0 Å². The van der Waals surface area contributed by atoms with Crippen LogP contribution in [0, 0.1) is 0 Å². The van der Waals surface area contributed by atoms with Gasteiger partial charge in [-0.25, -0.2) is 14.5 Å². The van der Waals surface area contributed by atoms with Crippen LogP contribution in [0.5, 0.6) is 0 Å². The monoisotopic (exact) mass is 461 g/mol. The van der Waals surface area contributed by atoms with Crippen molar-refractivity contribution in [1.29, 1.82) is 0 Å². The van der Waals surface area contributed by atoms with Gasteiger partial charge in [0.2, 0.25) is 0 Å². The predicted molar refractivity (Wildman–Crippen MR) is 116 cm³/mol. The van der Waals surface area contributed by atoms with Crippen molar-refractivity contribution in [2.45, 2.75) is 0 Å². The first-order valence-electron chi connectivity index (χ1n) is 9.15. The third kappa shape index (κ3) is 4.36. The molecule has 4 aromatic rings. The minimum Gasteiger partial charge on any atom is -0.451 e. The summed E-state index contributed by atoms with van der Waals surface area (Å²) in [6, 6.07) is 25.6. The number of aromatic nitrogens is 3. The Hall–Kier alpha value is -3.58. The molecule has 0 aliphatic heterocycles. The van der Waals surface area contributed by atoms with Crippen LogP contribution in [0.3, 0.4) is 0 Å². The van der Waals surface area contributed by atoms with E-state index in [-0.39, 0.29) is 18.2 Å². The molecule has 0 aliphatic rings. The van der Waals surface area contributed by atoms with E-state index in [2.05, 4.69) is 26.0 Å². The van der Waals surface area contributed by atoms with E-state index >= 15 is 0 Å². The highest BCUT2D eigenvalue weighted by molar-refractivity contribution is 9.10. The largest absolute Gasteiger partial charge is 0.451 e. The second-order valence-electron chi connectivity index (χ2n) is 6.38. The maximum atomic E-state index is 12.5. The van der Waals surface area contributed by atoms with Crippen LogP contribution in [0.25, 0.3) is 17.1 Å². The lowest BCUT2D eigenvalue weighted by atomic mass is 10.1. The summed E-state index contributed by atoms with van der Waals surface area (Å²) >= 11 is 3.41. The number of esters is 1. The maximum Gasteiger partial charge on any atom is 0.378 e. The molecule has 0 unspecified atom stereocenters. The van der Waals surface area contributed by atoms with E-state index in [9.17, 15) is 9.59 Å². The highest BCUT2D eigenvalue weighted by Gasteiger charge is 2.21. The minimum absolute atomic E-state index is 0.113. The molecular formula is C23H16BrN3O3. The highest BCUT2D eigenvalue weighted by Crippen LogP contribution is 2.22. The van der Waals surface area contributed by atoms with Gasteiger partial charge in [-0.05, 0) is 24.3 Å². The van der Waals surface area contributed by atoms with Crippen molar-refractivity contribution in [1.82, 2.24) is 14.8 Å². The lowest BCUT2D eigenvalue weighted by Gasteiger charge is -2.05. The van der Waals surface area contributed by atoms with E-state index < -0.39 is 5.97 Å². The van der Waals surface area contributed by atoms with Crippen LogP contribution in [0.4, 0.5) is 0 Å². The van der Waals surface area contributed by atoms with E-state index in [1.807, 2.05) is 60.7 Å². The molecule has 6 nitrogen and oxygen atoms in total. The summed E-state index contributed by atoms with van der Waals surface area (Å²) < 4.78 is 7.67. The molecule has 0 spiro atoms. The van der Waals surface area contributed by atoms with Gasteiger partial charge in [-0.15, -0.1) is 5.10 Å². The van der Waals surface area contributed by atoms with E-state index in [0.29, 0.717) is 11.4 Å². The van der Waals surface area contributed by atoms with Crippen LogP contribution in [0.2, 0.25) is 0 Å². The van der Waals surface area contributed by atoms with Crippen LogP contribution >= 0.6 is 15.9 Å². The molecule has 0 saturated carbocycles. The Bertz CT molecular complexity index is 1170. The lowest BCUT2D eigenvalue weighted by Crippen LogP contribution is -2.15. The SMILES string of the molecule is O=C(COC(=O)c1nc(-c2ccccc2)n(-c2ccc(Br)cc2)n1)c1ccccc1. The predicted octanol–water partition coefficient (Wildman–Crippen LogP) is 4.74. The molecule has 1 heterocycles. The van der Waals surface area contributed by atoms with Gasteiger partial charge in [-0.1, -0.05) is 76.6 Å². The zero-order valence-corrected chi connectivity index (χ0v) is 17.3. The third-order valence-electron chi connectivity index (χ3n) is 4.32. The number of ether oxygens (including phenoxy) is 1. The average molecular weight is 462 g/mol. The summed E-state index contributed by atoms with van der Waals surface area (Å²) in [6.45, 7) is -0.379. The number of carbonyl (C=O) groups excluding carboxylic acids is 2. The molecule has 0 amide bonds. The maximum absolute atomic E-state index is 12.5. The molecular weight excluding hydrogens is 446 g/mol. The number of benzene rings is 3. The number of ketones is 1. The number of rotatable bonds is 6. The molecule has 4 rings (SSSR count). The zero-order valence-electron chi connectivity index (χ0n) is 15.7. The number of nitrogens with zero attached hydrogens (tertiary/aromatic N) is 3. The molecule has 3 aromatic carbocycles. The van der Waals surface area contributed by atoms with E-state index in [4.69, 9.17) is 4.74 Å². The van der Waals surface area contributed by atoms with Gasteiger partial charge >= 0.3 is 5.97 Å². The summed E-state index contributed by atoms with van der Waals surface area (Å²) in [5.74, 6) is -0.663. The highest BCUT2D eigenvalue weighted by atomic mass is 79.9. The smallest absolute Gasteiger partial charge is 0.378 e. The van der Waals surface area contributed by atoms with Crippen LogP contribution in [0.15, 0.2) is 89.4 Å². The van der Waals surface area contributed by atoms with Gasteiger partial charge in [-0.3, -0.25) is 4.79 Å². The molecule has 0 saturated heterocycles. The van der Waals surface area contributed by atoms with Crippen LogP contribution < -0.4 is 0 Å². The fraction of sp³-hybridized carbons (Fsp3) is 0.0435. The number of Topliss-reactive ketones (excluding diaryl/α,β-unsaturated/α-hetero) is 1. The Morgan fingerprint density at radius 3 is 2.17 bits per heavy atom. The Labute approximate surface area is 181 Å². The van der Waals surface area contributed by atoms with Gasteiger partial charge in [0.25, 0.3) is 5.82 Å². The van der Waals surface area contributed by atoms with Gasteiger partial charge in [0.15, 0.2) is 18.2 Å². The van der Waals surface area contributed by atoms with Crippen molar-refractivity contribution < 1.29 is 14.3 Å². The van der Waals surface area contributed by atoms with Crippen molar-refractivity contribution >= 4 is 27.7 Å². The molecule has 148 valence electrons. The zero-order chi connectivity index (χ0) is 20.9. The fourth-order valence-electron chi connectivity index (χ4n) is 2.84. The molecule has 0 bridgehead atoms. The minimum atomic E-state index is -0.757. The molecule has 7 heteroatoms. The average Bonchev–Trinajstić information content (AvgIpc) is 3.24. The first-order valence-corrected chi connectivity index (χ1v) is 9.95. The first kappa shape index (κ1) is 19.7. The first-order chi connectivity index (χ1) is 14.6. The Balaban J connectivity index is 1.61. The number of carbonyl (C=O) groups is 2. The summed E-state index contributed by atoms with van der Waals surface area (Å²) in [6.07, 6.45) is 0. The van der Waals surface area contributed by atoms with Gasteiger partial charge in [-0.2, -0.15) is 0 Å². The van der Waals surface area contributed by atoms with Crippen LogP contribution in [-0.2, 0) is 4.74 Å². The summed E-state index contributed by atoms with van der Waals surface area (Å²) in [4.78, 5) is 29.1. The van der Waals surface area contributed by atoms with Gasteiger partial charge < -0.3 is 4.74 Å². The second-order valence-corrected chi connectivity index (χ2v) is 7.29. The van der Waals surface area contributed by atoms with Crippen molar-refractivity contribution in [3.8, 4) is 17.1 Å². The molecule has 0 fully saturated rings. The standard InChI is InChI=1S/C23H16BrN3O3/c24-18-11-13-19(14-12-18)27-22(17-9-5-2-6-10-17)25-21(26-27)23(29)30-15-20(28)16-7-3-1-4-8-16/h1-14H,15H2. The van der Waals surface area contributed by atoms with E-state index in [1.165, 1.54) is 0 Å². The molecule has 0 atom stereocenters. The third-order valence-corrected chi connectivity index (χ3v) is 4.85. The van der Waals surface area contributed by atoms with E-state index in [0.717, 1.165) is 15.7 Å². The molecule has 0 aliphatic carbocycles. The van der Waals surface area contributed by atoms with Crippen molar-refractivity contribution in [2.75, 3.05) is 6.61 Å². The Morgan fingerprint density at radius 2 is 1.50 bits per heavy atom. The van der Waals surface area contributed by atoms with E-state index in [1.54, 1.807) is 28.9 Å². The van der Waals surface area contributed by atoms with Crippen molar-refractivity contribution in [3.05, 3.63) is 101 Å². The molecule has 1 aromatic heterocycles. The normalized spacial score (nSPS) is 10.6. The number of halogens is 1. The fourth-order valence-corrected chi connectivity index (χ4v) is 3.10.